The zero-order valence-corrected chi connectivity index (χ0v) is 10.6. The van der Waals surface area contributed by atoms with E-state index in [2.05, 4.69) is 13.8 Å². The molecule has 0 saturated carbocycles. The molecule has 3 nitrogen and oxygen atoms in total. The fourth-order valence-corrected chi connectivity index (χ4v) is 2.50. The molecule has 16 heavy (non-hydrogen) atoms. The lowest BCUT2D eigenvalue weighted by Crippen LogP contribution is -2.44. The smallest absolute Gasteiger partial charge is 0.225 e. The Morgan fingerprint density at radius 3 is 2.50 bits per heavy atom. The normalized spacial score (nSPS) is 21.5. The summed E-state index contributed by atoms with van der Waals surface area (Å²) in [5, 5.41) is 9.58. The van der Waals surface area contributed by atoms with Crippen LogP contribution in [0.1, 0.15) is 52.4 Å². The molecular weight excluding hydrogens is 202 g/mol. The van der Waals surface area contributed by atoms with Crippen LogP contribution in [0.5, 0.6) is 0 Å². The molecule has 0 spiro atoms. The highest BCUT2D eigenvalue weighted by Gasteiger charge is 2.26. The molecule has 94 valence electrons. The van der Waals surface area contributed by atoms with Crippen LogP contribution in [0.2, 0.25) is 0 Å². The van der Waals surface area contributed by atoms with Crippen molar-refractivity contribution in [1.29, 1.82) is 0 Å². The number of hydrogen-bond acceptors (Lipinski definition) is 2. The van der Waals surface area contributed by atoms with Crippen LogP contribution in [0, 0.1) is 5.92 Å². The summed E-state index contributed by atoms with van der Waals surface area (Å²) in [7, 11) is 0. The van der Waals surface area contributed by atoms with Crippen LogP contribution in [0.15, 0.2) is 0 Å². The number of rotatable bonds is 5. The zero-order chi connectivity index (χ0) is 12.0. The lowest BCUT2D eigenvalue weighted by molar-refractivity contribution is -0.139. The molecule has 0 aromatic carbocycles. The fourth-order valence-electron chi connectivity index (χ4n) is 2.50. The third kappa shape index (κ3) is 3.78. The first-order chi connectivity index (χ1) is 7.69. The molecule has 1 aliphatic heterocycles. The minimum absolute atomic E-state index is 0.181. The van der Waals surface area contributed by atoms with Crippen LogP contribution >= 0.6 is 0 Å². The second-order valence-electron chi connectivity index (χ2n) is 4.85. The van der Waals surface area contributed by atoms with Crippen molar-refractivity contribution < 1.29 is 9.90 Å². The molecule has 1 rings (SSSR count). The average molecular weight is 227 g/mol. The van der Waals surface area contributed by atoms with Gasteiger partial charge in [-0.05, 0) is 25.7 Å². The van der Waals surface area contributed by atoms with Gasteiger partial charge in [-0.15, -0.1) is 0 Å². The van der Waals surface area contributed by atoms with Gasteiger partial charge in [-0.2, -0.15) is 0 Å². The number of carbonyl (C=O) groups excluding carboxylic acids is 1. The van der Waals surface area contributed by atoms with Gasteiger partial charge in [0.2, 0.25) is 5.91 Å². The first kappa shape index (κ1) is 13.5. The molecule has 1 fully saturated rings. The predicted molar refractivity (Wildman–Crippen MR) is 65.1 cm³/mol. The Morgan fingerprint density at radius 1 is 1.38 bits per heavy atom. The Morgan fingerprint density at radius 2 is 2.00 bits per heavy atom. The Hall–Kier alpha value is -0.570. The van der Waals surface area contributed by atoms with E-state index in [0.29, 0.717) is 6.54 Å². The molecule has 1 amide bonds. The molecule has 0 aromatic heterocycles. The summed E-state index contributed by atoms with van der Waals surface area (Å²) in [6, 6.07) is 0. The summed E-state index contributed by atoms with van der Waals surface area (Å²) < 4.78 is 0. The standard InChI is InChI=1S/C13H25NO2/c1-3-6-11(7-4-2)13(16)14-9-5-8-12(15)10-14/h11-12,15H,3-10H2,1-2H3. The number of amides is 1. The highest BCUT2D eigenvalue weighted by atomic mass is 16.3. The number of carbonyl (C=O) groups is 1. The maximum atomic E-state index is 12.2. The van der Waals surface area contributed by atoms with Crippen molar-refractivity contribution in [3.63, 3.8) is 0 Å². The minimum atomic E-state index is -0.304. The second-order valence-corrected chi connectivity index (χ2v) is 4.85. The van der Waals surface area contributed by atoms with Crippen LogP contribution in [0.25, 0.3) is 0 Å². The van der Waals surface area contributed by atoms with Crippen LogP contribution in [0.4, 0.5) is 0 Å². The summed E-state index contributed by atoms with van der Waals surface area (Å²) in [4.78, 5) is 14.1. The third-order valence-electron chi connectivity index (χ3n) is 3.33. The molecule has 3 heteroatoms. The average Bonchev–Trinajstić information content (AvgIpc) is 2.28. The molecule has 0 bridgehead atoms. The fraction of sp³-hybridized carbons (Fsp3) is 0.923. The summed E-state index contributed by atoms with van der Waals surface area (Å²) in [6.07, 6.45) is 5.58. The van der Waals surface area contributed by atoms with E-state index in [1.807, 2.05) is 4.90 Å². The van der Waals surface area contributed by atoms with Crippen molar-refractivity contribution in [2.45, 2.75) is 58.5 Å². The molecule has 1 saturated heterocycles. The number of aliphatic hydroxyl groups is 1. The molecule has 1 N–H and O–H groups in total. The van der Waals surface area contributed by atoms with E-state index in [9.17, 15) is 9.90 Å². The topological polar surface area (TPSA) is 40.5 Å². The maximum absolute atomic E-state index is 12.2. The SMILES string of the molecule is CCCC(CCC)C(=O)N1CCCC(O)C1. The van der Waals surface area contributed by atoms with Gasteiger partial charge in [0, 0.05) is 19.0 Å². The molecule has 0 radical (unpaired) electrons. The largest absolute Gasteiger partial charge is 0.391 e. The molecule has 1 heterocycles. The quantitative estimate of drug-likeness (QED) is 0.782. The van der Waals surface area contributed by atoms with Crippen molar-refractivity contribution in [2.24, 2.45) is 5.92 Å². The Balaban J connectivity index is 2.51. The molecule has 1 aliphatic rings. The van der Waals surface area contributed by atoms with Gasteiger partial charge in [0.1, 0.15) is 0 Å². The van der Waals surface area contributed by atoms with Crippen molar-refractivity contribution in [2.75, 3.05) is 13.1 Å². The molecule has 0 aromatic rings. The molecule has 0 aliphatic carbocycles. The maximum Gasteiger partial charge on any atom is 0.225 e. The molecule has 1 atom stereocenters. The summed E-state index contributed by atoms with van der Waals surface area (Å²) in [5.74, 6) is 0.447. The van der Waals surface area contributed by atoms with E-state index in [4.69, 9.17) is 0 Å². The van der Waals surface area contributed by atoms with Crippen LogP contribution in [-0.2, 0) is 4.79 Å². The third-order valence-corrected chi connectivity index (χ3v) is 3.33. The van der Waals surface area contributed by atoms with Crippen LogP contribution in [-0.4, -0.2) is 35.1 Å². The zero-order valence-electron chi connectivity index (χ0n) is 10.6. The van der Waals surface area contributed by atoms with Gasteiger partial charge in [0.25, 0.3) is 0 Å². The lowest BCUT2D eigenvalue weighted by Gasteiger charge is -2.33. The van der Waals surface area contributed by atoms with E-state index in [1.165, 1.54) is 0 Å². The van der Waals surface area contributed by atoms with Crippen molar-refractivity contribution in [1.82, 2.24) is 4.90 Å². The first-order valence-corrected chi connectivity index (χ1v) is 6.65. The van der Waals surface area contributed by atoms with Gasteiger partial charge < -0.3 is 10.0 Å². The Labute approximate surface area is 98.8 Å². The second kappa shape index (κ2) is 6.89. The summed E-state index contributed by atoms with van der Waals surface area (Å²) in [6.45, 7) is 5.63. The number of likely N-dealkylation sites (tertiary alicyclic amines) is 1. The van der Waals surface area contributed by atoms with E-state index < -0.39 is 0 Å². The Kier molecular flexibility index (Phi) is 5.81. The van der Waals surface area contributed by atoms with Gasteiger partial charge in [-0.25, -0.2) is 0 Å². The number of aliphatic hydroxyl groups excluding tert-OH is 1. The van der Waals surface area contributed by atoms with Gasteiger partial charge in [0.15, 0.2) is 0 Å². The Bertz CT molecular complexity index is 205. The minimum Gasteiger partial charge on any atom is -0.391 e. The van der Waals surface area contributed by atoms with Crippen LogP contribution < -0.4 is 0 Å². The number of β-amino-alcohol motifs (C(OH)–C–C–N with tert-alkyl or cyclic N) is 1. The van der Waals surface area contributed by atoms with Gasteiger partial charge in [-0.3, -0.25) is 4.79 Å². The van der Waals surface area contributed by atoms with Gasteiger partial charge >= 0.3 is 0 Å². The van der Waals surface area contributed by atoms with E-state index in [0.717, 1.165) is 45.1 Å². The van der Waals surface area contributed by atoms with E-state index >= 15 is 0 Å². The van der Waals surface area contributed by atoms with Crippen molar-refractivity contribution in [3.05, 3.63) is 0 Å². The first-order valence-electron chi connectivity index (χ1n) is 6.65. The monoisotopic (exact) mass is 227 g/mol. The highest BCUT2D eigenvalue weighted by molar-refractivity contribution is 5.78. The predicted octanol–water partition coefficient (Wildman–Crippen LogP) is 2.19. The molecule has 1 unspecified atom stereocenters. The number of piperidine rings is 1. The number of nitrogens with zero attached hydrogens (tertiary/aromatic N) is 1. The van der Waals surface area contributed by atoms with E-state index in [-0.39, 0.29) is 17.9 Å². The molecular formula is C13H25NO2. The van der Waals surface area contributed by atoms with Crippen molar-refractivity contribution in [3.8, 4) is 0 Å². The van der Waals surface area contributed by atoms with Crippen molar-refractivity contribution >= 4 is 5.91 Å². The summed E-state index contributed by atoms with van der Waals surface area (Å²) >= 11 is 0. The lowest BCUT2D eigenvalue weighted by atomic mass is 9.95. The highest BCUT2D eigenvalue weighted by Crippen LogP contribution is 2.19. The summed E-state index contributed by atoms with van der Waals surface area (Å²) in [5.41, 5.74) is 0. The van der Waals surface area contributed by atoms with Crippen LogP contribution in [0.3, 0.4) is 0 Å². The van der Waals surface area contributed by atoms with Gasteiger partial charge in [-0.1, -0.05) is 26.7 Å². The van der Waals surface area contributed by atoms with Gasteiger partial charge in [0.05, 0.1) is 6.10 Å². The number of hydrogen-bond donors (Lipinski definition) is 1. The van der Waals surface area contributed by atoms with E-state index in [1.54, 1.807) is 0 Å².